The van der Waals surface area contributed by atoms with Crippen LogP contribution in [0.3, 0.4) is 0 Å². The van der Waals surface area contributed by atoms with Gasteiger partial charge in [0, 0.05) is 0 Å². The Morgan fingerprint density at radius 1 is 1.86 bits per heavy atom. The summed E-state index contributed by atoms with van der Waals surface area (Å²) < 4.78 is 0. The number of Topliss-reactive ketones (excluding diaryl/α,β-unsaturated/α-hetero) is 1. The lowest BCUT2D eigenvalue weighted by Gasteiger charge is -1.72. The van der Waals surface area contributed by atoms with Crippen LogP contribution in [0, 0.1) is 0 Å². The van der Waals surface area contributed by atoms with Gasteiger partial charge >= 0.3 is 0 Å². The second kappa shape index (κ2) is 4.03. The van der Waals surface area contributed by atoms with Crippen LogP contribution in [-0.2, 0) is 21.4 Å². The normalized spacial score (nSPS) is 8.57. The standard InChI is InChI=1S/C3H3O2PS/c4-1-3(5)2-6-7/h1H,2H2. The number of ketones is 1. The topological polar surface area (TPSA) is 34.1 Å². The number of carbonyl (C=O) groups is 2. The molecule has 0 aromatic carbocycles. The molecule has 0 bridgehead atoms. The molecule has 0 aliphatic heterocycles. The van der Waals surface area contributed by atoms with Crippen molar-refractivity contribution in [2.45, 2.75) is 0 Å². The summed E-state index contributed by atoms with van der Waals surface area (Å²) in [6.45, 7) is 0. The van der Waals surface area contributed by atoms with Crippen molar-refractivity contribution in [3.8, 4) is 0 Å². The molecule has 0 aromatic heterocycles. The molecule has 0 N–H and O–H groups in total. The van der Waals surface area contributed by atoms with E-state index in [1.165, 1.54) is 0 Å². The molecular formula is C3H3O2PS. The molecule has 0 radical (unpaired) electrons. The van der Waals surface area contributed by atoms with Crippen molar-refractivity contribution in [2.24, 2.45) is 0 Å². The van der Waals surface area contributed by atoms with E-state index < -0.39 is 5.78 Å². The zero-order valence-electron chi connectivity index (χ0n) is 3.46. The van der Waals surface area contributed by atoms with Gasteiger partial charge in [0.1, 0.15) is 0 Å². The van der Waals surface area contributed by atoms with Crippen molar-refractivity contribution >= 4 is 31.2 Å². The van der Waals surface area contributed by atoms with Gasteiger partial charge in [0.25, 0.3) is 0 Å². The summed E-state index contributed by atoms with van der Waals surface area (Å²) in [6, 6.07) is 0. The number of hydrogen-bond acceptors (Lipinski definition) is 3. The monoisotopic (exact) mass is 134 g/mol. The summed E-state index contributed by atoms with van der Waals surface area (Å²) in [5.41, 5.74) is 0. The maximum Gasteiger partial charge on any atom is 0.204 e. The predicted octanol–water partition coefficient (Wildman–Crippen LogP) is 0.162. The van der Waals surface area contributed by atoms with E-state index in [9.17, 15) is 9.59 Å². The van der Waals surface area contributed by atoms with Gasteiger partial charge in [-0.3, -0.25) is 9.59 Å². The van der Waals surface area contributed by atoms with Crippen molar-refractivity contribution in [1.29, 1.82) is 0 Å². The van der Waals surface area contributed by atoms with Gasteiger partial charge in [-0.25, -0.2) is 0 Å². The van der Waals surface area contributed by atoms with Crippen LogP contribution < -0.4 is 0 Å². The van der Waals surface area contributed by atoms with E-state index in [0.29, 0.717) is 13.6 Å². The van der Waals surface area contributed by atoms with Crippen LogP contribution in [0.4, 0.5) is 0 Å². The van der Waals surface area contributed by atoms with Gasteiger partial charge in [0.2, 0.25) is 5.78 Å². The van der Waals surface area contributed by atoms with Crippen LogP contribution in [0.1, 0.15) is 0 Å². The summed E-state index contributed by atoms with van der Waals surface area (Å²) in [6.07, 6.45) is 0.470. The van der Waals surface area contributed by atoms with Gasteiger partial charge in [-0.2, -0.15) is 0 Å². The van der Waals surface area contributed by atoms with Gasteiger partial charge in [-0.05, 0) is 7.36 Å². The number of rotatable bonds is 3. The SMILES string of the molecule is O=CC(=O)CP=S. The van der Waals surface area contributed by atoms with Crippen molar-refractivity contribution in [3.63, 3.8) is 0 Å². The first-order chi connectivity index (χ1) is 3.31. The van der Waals surface area contributed by atoms with Crippen LogP contribution in [0.5, 0.6) is 0 Å². The van der Waals surface area contributed by atoms with Crippen molar-refractivity contribution in [1.82, 2.24) is 0 Å². The van der Waals surface area contributed by atoms with E-state index in [0.717, 1.165) is 0 Å². The highest BCUT2D eigenvalue weighted by molar-refractivity contribution is 7.96. The summed E-state index contributed by atoms with van der Waals surface area (Å²) in [7, 11) is 0.542. The van der Waals surface area contributed by atoms with E-state index in [2.05, 4.69) is 11.8 Å². The molecule has 0 saturated carbocycles. The van der Waals surface area contributed by atoms with Crippen LogP contribution >= 0.6 is 7.36 Å². The third kappa shape index (κ3) is 3.70. The Bertz CT molecular complexity index is 101. The molecule has 0 saturated heterocycles. The lowest BCUT2D eigenvalue weighted by molar-refractivity contribution is -0.128. The van der Waals surface area contributed by atoms with E-state index >= 15 is 0 Å². The highest BCUT2D eigenvalue weighted by Crippen LogP contribution is 1.87. The van der Waals surface area contributed by atoms with Crippen LogP contribution in [0.25, 0.3) is 0 Å². The highest BCUT2D eigenvalue weighted by atomic mass is 32.4. The molecule has 7 heavy (non-hydrogen) atoms. The maximum atomic E-state index is 9.97. The van der Waals surface area contributed by atoms with E-state index in [1.54, 1.807) is 0 Å². The molecule has 0 heterocycles. The number of carbonyl (C=O) groups excluding carboxylic acids is 2. The fourth-order valence-corrected chi connectivity index (χ4v) is 0.684. The minimum Gasteiger partial charge on any atom is -0.295 e. The summed E-state index contributed by atoms with van der Waals surface area (Å²) in [4.78, 5) is 19.5. The molecule has 0 aliphatic rings. The van der Waals surface area contributed by atoms with E-state index in [4.69, 9.17) is 0 Å². The van der Waals surface area contributed by atoms with E-state index in [1.807, 2.05) is 0 Å². The lowest BCUT2D eigenvalue weighted by atomic mass is 10.5. The summed E-state index contributed by atoms with van der Waals surface area (Å²) in [5.74, 6) is -0.420. The molecule has 0 unspecified atom stereocenters. The third-order valence-corrected chi connectivity index (χ3v) is 1.18. The molecule has 0 aliphatic carbocycles. The average Bonchev–Trinajstić information content (AvgIpc) is 1.68. The molecule has 0 aromatic rings. The van der Waals surface area contributed by atoms with Gasteiger partial charge in [-0.15, -0.1) is 0 Å². The molecule has 0 atom stereocenters. The van der Waals surface area contributed by atoms with Crippen molar-refractivity contribution in [2.75, 3.05) is 6.16 Å². The first kappa shape index (κ1) is 6.86. The molecule has 2 nitrogen and oxygen atoms in total. The molecule has 4 heteroatoms. The molecule has 0 spiro atoms. The maximum absolute atomic E-state index is 9.97. The molecule has 38 valence electrons. The van der Waals surface area contributed by atoms with Crippen LogP contribution in [0.15, 0.2) is 0 Å². The second-order valence-electron chi connectivity index (χ2n) is 0.871. The fourth-order valence-electron chi connectivity index (χ4n) is 0.101. The molecular weight excluding hydrogens is 131 g/mol. The smallest absolute Gasteiger partial charge is 0.204 e. The number of aldehydes is 1. The first-order valence-corrected chi connectivity index (χ1v) is 3.67. The van der Waals surface area contributed by atoms with Gasteiger partial charge in [0.15, 0.2) is 6.29 Å². The second-order valence-corrected chi connectivity index (χ2v) is 2.22. The zero-order valence-corrected chi connectivity index (χ0v) is 5.17. The van der Waals surface area contributed by atoms with Crippen molar-refractivity contribution in [3.05, 3.63) is 0 Å². The molecule has 0 amide bonds. The van der Waals surface area contributed by atoms with E-state index in [-0.39, 0.29) is 6.16 Å². The quantitative estimate of drug-likeness (QED) is 0.313. The lowest BCUT2D eigenvalue weighted by Crippen LogP contribution is -1.98. The molecule has 0 rings (SSSR count). The fraction of sp³-hybridized carbons (Fsp3) is 0.333. The zero-order chi connectivity index (χ0) is 5.70. The Balaban J connectivity index is 3.36. The summed E-state index contributed by atoms with van der Waals surface area (Å²) in [5, 5.41) is 0. The number of hydrogen-bond donors (Lipinski definition) is 0. The Labute approximate surface area is 47.7 Å². The Kier molecular flexibility index (Phi) is 3.95. The van der Waals surface area contributed by atoms with Crippen molar-refractivity contribution < 1.29 is 9.59 Å². The Hall–Kier alpha value is -0.140. The van der Waals surface area contributed by atoms with Crippen LogP contribution in [0.2, 0.25) is 0 Å². The first-order valence-electron chi connectivity index (χ1n) is 1.58. The van der Waals surface area contributed by atoms with Crippen LogP contribution in [-0.4, -0.2) is 18.2 Å². The Morgan fingerprint density at radius 3 is 2.57 bits per heavy atom. The van der Waals surface area contributed by atoms with Gasteiger partial charge in [-0.1, -0.05) is 11.8 Å². The third-order valence-electron chi connectivity index (χ3n) is 0.352. The average molecular weight is 134 g/mol. The Morgan fingerprint density at radius 2 is 2.43 bits per heavy atom. The minimum atomic E-state index is -0.420. The highest BCUT2D eigenvalue weighted by Gasteiger charge is 1.91. The van der Waals surface area contributed by atoms with Gasteiger partial charge in [0.05, 0.1) is 6.16 Å². The largest absolute Gasteiger partial charge is 0.295 e. The molecule has 0 fully saturated rings. The minimum absolute atomic E-state index is 0.179. The summed E-state index contributed by atoms with van der Waals surface area (Å²) >= 11 is 4.39. The predicted molar refractivity (Wildman–Crippen MR) is 30.2 cm³/mol. The van der Waals surface area contributed by atoms with Gasteiger partial charge < -0.3 is 0 Å².